The SMILES string of the molecule is CCC(C#N)NS(=O)(=O)c1cc(C#N)ccc1Cl. The van der Waals surface area contributed by atoms with E-state index in [0.29, 0.717) is 6.42 Å². The molecule has 7 heteroatoms. The van der Waals surface area contributed by atoms with E-state index in [-0.39, 0.29) is 15.5 Å². The van der Waals surface area contributed by atoms with Gasteiger partial charge in [-0.1, -0.05) is 18.5 Å². The Morgan fingerprint density at radius 2 is 2.11 bits per heavy atom. The lowest BCUT2D eigenvalue weighted by atomic mass is 10.2. The van der Waals surface area contributed by atoms with Crippen LogP contribution in [-0.2, 0) is 10.0 Å². The molecule has 1 atom stereocenters. The maximum atomic E-state index is 12.0. The molecule has 0 aliphatic heterocycles. The predicted molar refractivity (Wildman–Crippen MR) is 66.2 cm³/mol. The highest BCUT2D eigenvalue weighted by atomic mass is 35.5. The zero-order valence-electron chi connectivity index (χ0n) is 9.51. The Hall–Kier alpha value is -1.60. The number of benzene rings is 1. The van der Waals surface area contributed by atoms with Gasteiger partial charge in [0.25, 0.3) is 0 Å². The summed E-state index contributed by atoms with van der Waals surface area (Å²) < 4.78 is 26.2. The first kappa shape index (κ1) is 14.5. The van der Waals surface area contributed by atoms with Crippen molar-refractivity contribution in [1.82, 2.24) is 4.72 Å². The number of nitrogens with zero attached hydrogens (tertiary/aromatic N) is 2. The molecule has 0 radical (unpaired) electrons. The number of nitrogens with one attached hydrogen (secondary N) is 1. The minimum Gasteiger partial charge on any atom is -0.207 e. The van der Waals surface area contributed by atoms with Gasteiger partial charge in [0.1, 0.15) is 10.9 Å². The molecule has 0 aliphatic rings. The van der Waals surface area contributed by atoms with E-state index < -0.39 is 16.1 Å². The number of hydrogen-bond acceptors (Lipinski definition) is 4. The number of rotatable bonds is 4. The van der Waals surface area contributed by atoms with Gasteiger partial charge in [-0.05, 0) is 24.6 Å². The van der Waals surface area contributed by atoms with Gasteiger partial charge in [-0.2, -0.15) is 15.2 Å². The van der Waals surface area contributed by atoms with E-state index >= 15 is 0 Å². The fourth-order valence-electron chi connectivity index (χ4n) is 1.23. The smallest absolute Gasteiger partial charge is 0.207 e. The third-order valence-electron chi connectivity index (χ3n) is 2.21. The lowest BCUT2D eigenvalue weighted by Crippen LogP contribution is -2.33. The highest BCUT2D eigenvalue weighted by Gasteiger charge is 2.21. The fraction of sp³-hybridized carbons (Fsp3) is 0.273. The number of hydrogen-bond donors (Lipinski definition) is 1. The molecule has 5 nitrogen and oxygen atoms in total. The summed E-state index contributed by atoms with van der Waals surface area (Å²) in [7, 11) is -3.90. The van der Waals surface area contributed by atoms with Crippen molar-refractivity contribution in [2.24, 2.45) is 0 Å². The molecule has 0 fully saturated rings. The van der Waals surface area contributed by atoms with Crippen molar-refractivity contribution in [3.8, 4) is 12.1 Å². The molecular weight excluding hydrogens is 274 g/mol. The third-order valence-corrected chi connectivity index (χ3v) is 4.16. The summed E-state index contributed by atoms with van der Waals surface area (Å²) in [5.41, 5.74) is 0.185. The summed E-state index contributed by atoms with van der Waals surface area (Å²) in [4.78, 5) is -0.197. The van der Waals surface area contributed by atoms with E-state index in [4.69, 9.17) is 22.1 Å². The van der Waals surface area contributed by atoms with Crippen LogP contribution in [0.1, 0.15) is 18.9 Å². The molecule has 94 valence electrons. The zero-order valence-corrected chi connectivity index (χ0v) is 11.1. The molecule has 1 aromatic rings. The molecule has 18 heavy (non-hydrogen) atoms. The third kappa shape index (κ3) is 3.21. The maximum Gasteiger partial charge on any atom is 0.243 e. The van der Waals surface area contributed by atoms with Crippen molar-refractivity contribution in [2.45, 2.75) is 24.3 Å². The number of halogens is 1. The van der Waals surface area contributed by atoms with Crippen LogP contribution in [0.2, 0.25) is 5.02 Å². The Morgan fingerprint density at radius 1 is 1.44 bits per heavy atom. The molecule has 0 bridgehead atoms. The second-order valence-corrected chi connectivity index (χ2v) is 5.56. The molecule has 1 unspecified atom stereocenters. The molecule has 1 aromatic carbocycles. The monoisotopic (exact) mass is 283 g/mol. The fourth-order valence-corrected chi connectivity index (χ4v) is 2.98. The average Bonchev–Trinajstić information content (AvgIpc) is 2.36. The Morgan fingerprint density at radius 3 is 2.61 bits per heavy atom. The van der Waals surface area contributed by atoms with Gasteiger partial charge in [0, 0.05) is 0 Å². The summed E-state index contributed by atoms with van der Waals surface area (Å²) in [5, 5.41) is 17.5. The van der Waals surface area contributed by atoms with E-state index in [1.807, 2.05) is 12.1 Å². The lowest BCUT2D eigenvalue weighted by Gasteiger charge is -2.11. The molecular formula is C11H10ClN3O2S. The van der Waals surface area contributed by atoms with Gasteiger partial charge in [0.05, 0.1) is 22.7 Å². The van der Waals surface area contributed by atoms with Crippen LogP contribution in [0.5, 0.6) is 0 Å². The number of nitriles is 2. The maximum absolute atomic E-state index is 12.0. The van der Waals surface area contributed by atoms with Crippen molar-refractivity contribution < 1.29 is 8.42 Å². The van der Waals surface area contributed by atoms with Crippen LogP contribution in [0.3, 0.4) is 0 Å². The van der Waals surface area contributed by atoms with E-state index in [9.17, 15) is 8.42 Å². The van der Waals surface area contributed by atoms with Crippen molar-refractivity contribution in [2.75, 3.05) is 0 Å². The van der Waals surface area contributed by atoms with E-state index in [2.05, 4.69) is 4.72 Å². The normalized spacial score (nSPS) is 12.4. The predicted octanol–water partition coefficient (Wildman–Crippen LogP) is 1.79. The minimum absolute atomic E-state index is 0.00860. The number of sulfonamides is 1. The van der Waals surface area contributed by atoms with Crippen LogP contribution in [0.4, 0.5) is 0 Å². The van der Waals surface area contributed by atoms with Crippen molar-refractivity contribution in [3.05, 3.63) is 28.8 Å². The Balaban J connectivity index is 3.21. The summed E-state index contributed by atoms with van der Waals surface area (Å²) in [5.74, 6) is 0. The van der Waals surface area contributed by atoms with E-state index in [0.717, 1.165) is 0 Å². The molecule has 0 saturated heterocycles. The van der Waals surface area contributed by atoms with Gasteiger partial charge in [-0.3, -0.25) is 0 Å². The zero-order chi connectivity index (χ0) is 13.8. The highest BCUT2D eigenvalue weighted by Crippen LogP contribution is 2.22. The molecule has 1 rings (SSSR count). The molecule has 0 spiro atoms. The molecule has 0 heterocycles. The summed E-state index contributed by atoms with van der Waals surface area (Å²) in [6.07, 6.45) is 0.339. The van der Waals surface area contributed by atoms with Gasteiger partial charge in [-0.25, -0.2) is 8.42 Å². The van der Waals surface area contributed by atoms with Crippen LogP contribution in [0, 0.1) is 22.7 Å². The standard InChI is InChI=1S/C11H10ClN3O2S/c1-2-9(7-14)15-18(16,17)11-5-8(6-13)3-4-10(11)12/h3-5,9,15H,2H2,1H3. The second-order valence-electron chi connectivity index (χ2n) is 3.47. The first-order valence-electron chi connectivity index (χ1n) is 5.06. The first-order chi connectivity index (χ1) is 8.44. The highest BCUT2D eigenvalue weighted by molar-refractivity contribution is 7.89. The molecule has 0 aliphatic carbocycles. The first-order valence-corrected chi connectivity index (χ1v) is 6.92. The summed E-state index contributed by atoms with van der Waals surface area (Å²) >= 11 is 5.80. The molecule has 0 amide bonds. The summed E-state index contributed by atoms with van der Waals surface area (Å²) in [6.45, 7) is 1.68. The molecule has 0 aromatic heterocycles. The average molecular weight is 284 g/mol. The van der Waals surface area contributed by atoms with Crippen molar-refractivity contribution in [3.63, 3.8) is 0 Å². The largest absolute Gasteiger partial charge is 0.243 e. The van der Waals surface area contributed by atoms with Crippen molar-refractivity contribution in [1.29, 1.82) is 10.5 Å². The van der Waals surface area contributed by atoms with Crippen LogP contribution in [-0.4, -0.2) is 14.5 Å². The van der Waals surface area contributed by atoms with Crippen molar-refractivity contribution >= 4 is 21.6 Å². The molecule has 0 saturated carbocycles. The Labute approximate surface area is 111 Å². The van der Waals surface area contributed by atoms with Crippen LogP contribution >= 0.6 is 11.6 Å². The van der Waals surface area contributed by atoms with Gasteiger partial charge < -0.3 is 0 Å². The Kier molecular flexibility index (Phi) is 4.69. The van der Waals surface area contributed by atoms with Gasteiger partial charge in [-0.15, -0.1) is 0 Å². The van der Waals surface area contributed by atoms with Gasteiger partial charge >= 0.3 is 0 Å². The van der Waals surface area contributed by atoms with Crippen LogP contribution in [0.15, 0.2) is 23.1 Å². The second kappa shape index (κ2) is 5.83. The lowest BCUT2D eigenvalue weighted by molar-refractivity contribution is 0.569. The minimum atomic E-state index is -3.90. The summed E-state index contributed by atoms with van der Waals surface area (Å²) in [6, 6.07) is 6.77. The Bertz CT molecular complexity index is 629. The molecule has 1 N–H and O–H groups in total. The topological polar surface area (TPSA) is 93.8 Å². The quantitative estimate of drug-likeness (QED) is 0.911. The van der Waals surface area contributed by atoms with Crippen LogP contribution < -0.4 is 4.72 Å². The van der Waals surface area contributed by atoms with Gasteiger partial charge in [0.15, 0.2) is 0 Å². The van der Waals surface area contributed by atoms with Gasteiger partial charge in [0.2, 0.25) is 10.0 Å². The van der Waals surface area contributed by atoms with Crippen LogP contribution in [0.25, 0.3) is 0 Å². The van der Waals surface area contributed by atoms with E-state index in [1.54, 1.807) is 6.92 Å². The van der Waals surface area contributed by atoms with E-state index in [1.165, 1.54) is 18.2 Å².